The zero-order valence-electron chi connectivity index (χ0n) is 8.85. The predicted molar refractivity (Wildman–Crippen MR) is 72.3 cm³/mol. The molecule has 0 fully saturated rings. The van der Waals surface area contributed by atoms with Gasteiger partial charge in [-0.25, -0.2) is 0 Å². The highest BCUT2D eigenvalue weighted by Crippen LogP contribution is 2.35. The van der Waals surface area contributed by atoms with Crippen molar-refractivity contribution in [2.75, 3.05) is 0 Å². The summed E-state index contributed by atoms with van der Waals surface area (Å²) in [7, 11) is 0. The smallest absolute Gasteiger partial charge is 0.256 e. The molecule has 0 aliphatic heterocycles. The Bertz CT molecular complexity index is 634. The zero-order chi connectivity index (χ0) is 12.6. The number of hydrogen-bond donors (Lipinski definition) is 1. The first kappa shape index (κ1) is 12.5. The summed E-state index contributed by atoms with van der Waals surface area (Å²) in [6.45, 7) is 1.80. The van der Waals surface area contributed by atoms with Crippen LogP contribution in [0.1, 0.15) is 5.69 Å². The number of aromatic amines is 1. The van der Waals surface area contributed by atoms with Gasteiger partial charge in [-0.1, -0.05) is 34.8 Å². The molecule has 5 heteroatoms. The number of nitrogens with one attached hydrogen (secondary N) is 1. The molecule has 0 saturated heterocycles. The number of pyridine rings is 1. The highest BCUT2D eigenvalue weighted by Gasteiger charge is 2.12. The van der Waals surface area contributed by atoms with Gasteiger partial charge in [-0.2, -0.15) is 0 Å². The van der Waals surface area contributed by atoms with Crippen molar-refractivity contribution in [3.63, 3.8) is 0 Å². The second-order valence-electron chi connectivity index (χ2n) is 3.63. The third-order valence-electron chi connectivity index (χ3n) is 2.34. The first-order valence-electron chi connectivity index (χ1n) is 4.84. The van der Waals surface area contributed by atoms with Crippen LogP contribution in [0.4, 0.5) is 0 Å². The maximum absolute atomic E-state index is 11.8. The topological polar surface area (TPSA) is 32.9 Å². The molecular formula is C12H8Cl3NO. The molecule has 0 aliphatic rings. The van der Waals surface area contributed by atoms with Gasteiger partial charge in [0.15, 0.2) is 0 Å². The van der Waals surface area contributed by atoms with Gasteiger partial charge in [-0.05, 0) is 31.2 Å². The van der Waals surface area contributed by atoms with E-state index in [1.54, 1.807) is 25.1 Å². The summed E-state index contributed by atoms with van der Waals surface area (Å²) in [5.41, 5.74) is 1.55. The Morgan fingerprint density at radius 3 is 2.41 bits per heavy atom. The number of benzene rings is 1. The molecule has 0 spiro atoms. The van der Waals surface area contributed by atoms with Crippen LogP contribution in [0.3, 0.4) is 0 Å². The molecule has 88 valence electrons. The van der Waals surface area contributed by atoms with Crippen LogP contribution < -0.4 is 5.56 Å². The quantitative estimate of drug-likeness (QED) is 0.779. The molecule has 1 aromatic carbocycles. The molecule has 2 rings (SSSR count). The molecule has 1 aromatic heterocycles. The van der Waals surface area contributed by atoms with E-state index in [0.717, 1.165) is 5.69 Å². The largest absolute Gasteiger partial charge is 0.326 e. The lowest BCUT2D eigenvalue weighted by atomic mass is 10.1. The minimum Gasteiger partial charge on any atom is -0.326 e. The van der Waals surface area contributed by atoms with Gasteiger partial charge < -0.3 is 4.98 Å². The standard InChI is InChI=1S/C12H8Cl3NO/c1-6-2-3-8(12(17)16-6)9-4-7(13)5-10(14)11(9)15/h2-5H,1H3,(H,16,17). The Morgan fingerprint density at radius 2 is 1.76 bits per heavy atom. The zero-order valence-corrected chi connectivity index (χ0v) is 11.1. The molecule has 2 aromatic rings. The maximum atomic E-state index is 11.8. The van der Waals surface area contributed by atoms with Gasteiger partial charge in [-0.3, -0.25) is 4.79 Å². The fourth-order valence-corrected chi connectivity index (χ4v) is 2.24. The van der Waals surface area contributed by atoms with Crippen molar-refractivity contribution in [2.45, 2.75) is 6.92 Å². The predicted octanol–water partition coefficient (Wildman–Crippen LogP) is 4.31. The number of rotatable bonds is 1. The minimum atomic E-state index is -0.217. The molecule has 1 N–H and O–H groups in total. The highest BCUT2D eigenvalue weighted by molar-refractivity contribution is 6.45. The number of aryl methyl sites for hydroxylation is 1. The van der Waals surface area contributed by atoms with Crippen molar-refractivity contribution in [1.82, 2.24) is 4.98 Å². The van der Waals surface area contributed by atoms with E-state index in [1.807, 2.05) is 0 Å². The second-order valence-corrected chi connectivity index (χ2v) is 4.85. The molecule has 0 bridgehead atoms. The van der Waals surface area contributed by atoms with E-state index < -0.39 is 0 Å². The van der Waals surface area contributed by atoms with Crippen LogP contribution in [-0.4, -0.2) is 4.98 Å². The average molecular weight is 289 g/mol. The third kappa shape index (κ3) is 2.49. The summed E-state index contributed by atoms with van der Waals surface area (Å²) in [6.07, 6.45) is 0. The van der Waals surface area contributed by atoms with Gasteiger partial charge in [0.05, 0.1) is 10.0 Å². The lowest BCUT2D eigenvalue weighted by Crippen LogP contribution is -2.09. The molecule has 0 aliphatic carbocycles. The van der Waals surface area contributed by atoms with Crippen LogP contribution >= 0.6 is 34.8 Å². The van der Waals surface area contributed by atoms with Crippen LogP contribution in [0.2, 0.25) is 15.1 Å². The van der Waals surface area contributed by atoms with E-state index >= 15 is 0 Å². The number of H-pyrrole nitrogens is 1. The number of aromatic nitrogens is 1. The molecular weight excluding hydrogens is 280 g/mol. The van der Waals surface area contributed by atoms with Crippen molar-refractivity contribution in [3.8, 4) is 11.1 Å². The van der Waals surface area contributed by atoms with Crippen molar-refractivity contribution < 1.29 is 0 Å². The van der Waals surface area contributed by atoms with Gasteiger partial charge in [0.25, 0.3) is 5.56 Å². The van der Waals surface area contributed by atoms with Gasteiger partial charge >= 0.3 is 0 Å². The Morgan fingerprint density at radius 1 is 1.06 bits per heavy atom. The Hall–Kier alpha value is -0.960. The van der Waals surface area contributed by atoms with E-state index in [1.165, 1.54) is 6.07 Å². The number of hydrogen-bond acceptors (Lipinski definition) is 1. The van der Waals surface area contributed by atoms with Crippen molar-refractivity contribution in [2.24, 2.45) is 0 Å². The molecule has 17 heavy (non-hydrogen) atoms. The molecule has 2 nitrogen and oxygen atoms in total. The lowest BCUT2D eigenvalue weighted by molar-refractivity contribution is 1.15. The first-order chi connectivity index (χ1) is 7.99. The van der Waals surface area contributed by atoms with E-state index in [2.05, 4.69) is 4.98 Å². The fourth-order valence-electron chi connectivity index (χ4n) is 1.54. The van der Waals surface area contributed by atoms with Crippen LogP contribution in [0.15, 0.2) is 29.1 Å². The van der Waals surface area contributed by atoms with E-state index in [4.69, 9.17) is 34.8 Å². The molecule has 1 heterocycles. The van der Waals surface area contributed by atoms with Crippen LogP contribution in [0, 0.1) is 6.92 Å². The molecule has 0 amide bonds. The summed E-state index contributed by atoms with van der Waals surface area (Å²) in [5.74, 6) is 0. The molecule has 0 saturated carbocycles. The average Bonchev–Trinajstić information content (AvgIpc) is 2.24. The molecule has 0 atom stereocenters. The Labute approximate surface area is 113 Å². The van der Waals surface area contributed by atoms with Gasteiger partial charge in [0, 0.05) is 21.8 Å². The maximum Gasteiger partial charge on any atom is 0.256 e. The summed E-state index contributed by atoms with van der Waals surface area (Å²) in [5, 5.41) is 1.09. The van der Waals surface area contributed by atoms with Gasteiger partial charge in [0.1, 0.15) is 0 Å². The minimum absolute atomic E-state index is 0.217. The van der Waals surface area contributed by atoms with Crippen molar-refractivity contribution in [3.05, 3.63) is 55.4 Å². The van der Waals surface area contributed by atoms with Crippen LogP contribution in [0.5, 0.6) is 0 Å². The lowest BCUT2D eigenvalue weighted by Gasteiger charge is -2.06. The summed E-state index contributed by atoms with van der Waals surface area (Å²) in [6, 6.07) is 6.65. The normalized spacial score (nSPS) is 10.6. The monoisotopic (exact) mass is 287 g/mol. The third-order valence-corrected chi connectivity index (χ3v) is 3.36. The fraction of sp³-hybridized carbons (Fsp3) is 0.0833. The van der Waals surface area contributed by atoms with E-state index in [-0.39, 0.29) is 5.56 Å². The molecule has 0 radical (unpaired) electrons. The van der Waals surface area contributed by atoms with Gasteiger partial charge in [0.2, 0.25) is 0 Å². The van der Waals surface area contributed by atoms with Crippen molar-refractivity contribution in [1.29, 1.82) is 0 Å². The second kappa shape index (κ2) is 4.73. The highest BCUT2D eigenvalue weighted by atomic mass is 35.5. The van der Waals surface area contributed by atoms with Crippen LogP contribution in [-0.2, 0) is 0 Å². The Balaban J connectivity index is 2.72. The first-order valence-corrected chi connectivity index (χ1v) is 5.97. The van der Waals surface area contributed by atoms with E-state index in [0.29, 0.717) is 26.2 Å². The SMILES string of the molecule is Cc1ccc(-c2cc(Cl)cc(Cl)c2Cl)c(=O)[nH]1. The summed E-state index contributed by atoms with van der Waals surface area (Å²) >= 11 is 17.9. The summed E-state index contributed by atoms with van der Waals surface area (Å²) < 4.78 is 0. The Kier molecular flexibility index (Phi) is 3.48. The van der Waals surface area contributed by atoms with Crippen LogP contribution in [0.25, 0.3) is 11.1 Å². The molecule has 0 unspecified atom stereocenters. The number of halogens is 3. The van der Waals surface area contributed by atoms with Crippen molar-refractivity contribution >= 4 is 34.8 Å². The summed E-state index contributed by atoms with van der Waals surface area (Å²) in [4.78, 5) is 14.5. The van der Waals surface area contributed by atoms with Gasteiger partial charge in [-0.15, -0.1) is 0 Å². The van der Waals surface area contributed by atoms with E-state index in [9.17, 15) is 4.79 Å².